The van der Waals surface area contributed by atoms with Gasteiger partial charge in [0.1, 0.15) is 11.6 Å². The highest BCUT2D eigenvalue weighted by molar-refractivity contribution is 5.73. The minimum absolute atomic E-state index is 0.280. The second-order valence-corrected chi connectivity index (χ2v) is 12.1. The predicted molar refractivity (Wildman–Crippen MR) is 122 cm³/mol. The summed E-state index contributed by atoms with van der Waals surface area (Å²) in [6.45, 7) is 0.699. The molecule has 0 heterocycles. The van der Waals surface area contributed by atoms with Crippen molar-refractivity contribution in [3.8, 4) is 5.75 Å². The van der Waals surface area contributed by atoms with Crippen LogP contribution in [0, 0.1) is 40.8 Å². The molecule has 0 spiro atoms. The number of aliphatic hydroxyl groups is 1. The van der Waals surface area contributed by atoms with Gasteiger partial charge >= 0.3 is 5.97 Å². The van der Waals surface area contributed by atoms with E-state index < -0.39 is 11.9 Å². The first-order valence-electron chi connectivity index (χ1n) is 13.2. The minimum atomic E-state index is -0.994. The third-order valence-electron chi connectivity index (χ3n) is 9.64. The standard InChI is InChI=1S/C28H37FO4/c1-32-27(31)21-4-2-3-20(21)26(30)23-10-22(19-5-6-19)25(11-24(23)29)33-15-28-12-16-7-17(13-28)9-18(8-16)14-28/h10-11,16-21,26,30H,2-9,12-15H2,1H3/t16?,17?,18?,20-,21-,26?,28?/m1/s1. The number of halogens is 1. The Bertz CT molecular complexity index is 887. The van der Waals surface area contributed by atoms with E-state index in [1.54, 1.807) is 0 Å². The Morgan fingerprint density at radius 3 is 2.36 bits per heavy atom. The average molecular weight is 457 g/mol. The van der Waals surface area contributed by atoms with E-state index >= 15 is 4.39 Å². The molecule has 0 aromatic heterocycles. The van der Waals surface area contributed by atoms with E-state index in [1.165, 1.54) is 51.7 Å². The smallest absolute Gasteiger partial charge is 0.309 e. The van der Waals surface area contributed by atoms with Gasteiger partial charge in [-0.3, -0.25) is 4.79 Å². The molecule has 6 aliphatic rings. The zero-order valence-corrected chi connectivity index (χ0v) is 19.7. The molecule has 3 atom stereocenters. The molecule has 4 nitrogen and oxygen atoms in total. The summed E-state index contributed by atoms with van der Waals surface area (Å²) in [5.41, 5.74) is 1.64. The summed E-state index contributed by atoms with van der Waals surface area (Å²) in [5.74, 6) is 2.31. The van der Waals surface area contributed by atoms with E-state index in [2.05, 4.69) is 0 Å². The Balaban J connectivity index is 1.23. The van der Waals surface area contributed by atoms with Gasteiger partial charge in [0.05, 0.1) is 25.7 Å². The van der Waals surface area contributed by atoms with Crippen LogP contribution in [0.1, 0.15) is 93.8 Å². The van der Waals surface area contributed by atoms with Crippen molar-refractivity contribution in [1.82, 2.24) is 0 Å². The maximum absolute atomic E-state index is 15.4. The van der Waals surface area contributed by atoms with Gasteiger partial charge in [-0.05, 0) is 99.5 Å². The molecule has 7 rings (SSSR count). The summed E-state index contributed by atoms with van der Waals surface area (Å²) < 4.78 is 26.7. The number of methoxy groups -OCH3 is 1. The number of benzene rings is 1. The third-order valence-corrected chi connectivity index (χ3v) is 9.64. The van der Waals surface area contributed by atoms with Crippen LogP contribution in [0.25, 0.3) is 0 Å². The largest absolute Gasteiger partial charge is 0.493 e. The Labute approximate surface area is 196 Å². The maximum Gasteiger partial charge on any atom is 0.309 e. The van der Waals surface area contributed by atoms with Gasteiger partial charge in [0, 0.05) is 23.0 Å². The second kappa shape index (κ2) is 8.25. The first-order valence-corrected chi connectivity index (χ1v) is 13.2. The van der Waals surface area contributed by atoms with Crippen LogP contribution in [0.2, 0.25) is 0 Å². The molecule has 1 aromatic carbocycles. The van der Waals surface area contributed by atoms with Crippen molar-refractivity contribution < 1.29 is 23.8 Å². The van der Waals surface area contributed by atoms with Crippen LogP contribution in [-0.4, -0.2) is 24.8 Å². The molecule has 1 aromatic rings. The zero-order chi connectivity index (χ0) is 22.7. The first kappa shape index (κ1) is 21.9. The van der Waals surface area contributed by atoms with E-state index in [9.17, 15) is 9.90 Å². The lowest BCUT2D eigenvalue weighted by Crippen LogP contribution is -2.48. The van der Waals surface area contributed by atoms with Crippen LogP contribution in [0.5, 0.6) is 5.75 Å². The number of rotatable bonds is 7. The Morgan fingerprint density at radius 1 is 1.09 bits per heavy atom. The molecular formula is C28H37FO4. The molecule has 0 amide bonds. The summed E-state index contributed by atoms with van der Waals surface area (Å²) in [6, 6.07) is 3.37. The van der Waals surface area contributed by atoms with Crippen molar-refractivity contribution in [2.45, 2.75) is 82.7 Å². The molecule has 6 saturated carbocycles. The molecule has 0 saturated heterocycles. The lowest BCUT2D eigenvalue weighted by Gasteiger charge is -2.56. The first-order chi connectivity index (χ1) is 15.9. The highest BCUT2D eigenvalue weighted by atomic mass is 19.1. The van der Waals surface area contributed by atoms with Crippen molar-refractivity contribution in [3.63, 3.8) is 0 Å². The molecule has 1 N–H and O–H groups in total. The molecule has 6 fully saturated rings. The van der Waals surface area contributed by atoms with Crippen LogP contribution in [0.3, 0.4) is 0 Å². The van der Waals surface area contributed by atoms with Gasteiger partial charge in [0.25, 0.3) is 0 Å². The fraction of sp³-hybridized carbons (Fsp3) is 0.750. The van der Waals surface area contributed by atoms with E-state index in [-0.39, 0.29) is 23.2 Å². The zero-order valence-electron chi connectivity index (χ0n) is 19.7. The number of esters is 1. The van der Waals surface area contributed by atoms with Crippen molar-refractivity contribution in [3.05, 3.63) is 29.1 Å². The number of carbonyl (C=O) groups is 1. The topological polar surface area (TPSA) is 55.8 Å². The number of hydrogen-bond donors (Lipinski definition) is 1. The number of ether oxygens (including phenoxy) is 2. The molecule has 0 aliphatic heterocycles. The Hall–Kier alpha value is -1.62. The second-order valence-electron chi connectivity index (χ2n) is 12.1. The van der Waals surface area contributed by atoms with Gasteiger partial charge in [-0.1, -0.05) is 6.42 Å². The molecule has 6 aliphatic carbocycles. The summed E-state index contributed by atoms with van der Waals surface area (Å²) >= 11 is 0. The summed E-state index contributed by atoms with van der Waals surface area (Å²) in [4.78, 5) is 12.2. The van der Waals surface area contributed by atoms with Gasteiger partial charge < -0.3 is 14.6 Å². The fourth-order valence-electron chi connectivity index (χ4n) is 8.39. The fourth-order valence-corrected chi connectivity index (χ4v) is 8.39. The van der Waals surface area contributed by atoms with Gasteiger partial charge in [0.15, 0.2) is 0 Å². The van der Waals surface area contributed by atoms with Crippen molar-refractivity contribution in [1.29, 1.82) is 0 Å². The van der Waals surface area contributed by atoms with Crippen LogP contribution in [-0.2, 0) is 9.53 Å². The van der Waals surface area contributed by atoms with Crippen LogP contribution < -0.4 is 4.74 Å². The SMILES string of the molecule is COC(=O)[C@@H]1CCC[C@H]1C(O)c1cc(C2CC2)c(OCC23CC4CC(CC(C4)C2)C3)cc1F. The molecular weight excluding hydrogens is 419 g/mol. The summed E-state index contributed by atoms with van der Waals surface area (Å²) in [7, 11) is 1.38. The summed E-state index contributed by atoms with van der Waals surface area (Å²) in [6.07, 6.45) is 11.5. The van der Waals surface area contributed by atoms with Gasteiger partial charge in [0.2, 0.25) is 0 Å². The maximum atomic E-state index is 15.4. The van der Waals surface area contributed by atoms with Crippen molar-refractivity contribution in [2.75, 3.05) is 13.7 Å². The highest BCUT2D eigenvalue weighted by Crippen LogP contribution is 2.60. The van der Waals surface area contributed by atoms with Crippen LogP contribution in [0.4, 0.5) is 4.39 Å². The minimum Gasteiger partial charge on any atom is -0.493 e. The number of aliphatic hydroxyl groups excluding tert-OH is 1. The molecule has 0 radical (unpaired) electrons. The average Bonchev–Trinajstić information content (AvgIpc) is 3.51. The van der Waals surface area contributed by atoms with Gasteiger partial charge in [-0.2, -0.15) is 0 Å². The van der Waals surface area contributed by atoms with E-state index in [4.69, 9.17) is 9.47 Å². The number of hydrogen-bond acceptors (Lipinski definition) is 4. The Morgan fingerprint density at radius 2 is 1.76 bits per heavy atom. The van der Waals surface area contributed by atoms with E-state index in [0.717, 1.165) is 42.6 Å². The molecule has 33 heavy (non-hydrogen) atoms. The molecule has 180 valence electrons. The van der Waals surface area contributed by atoms with Crippen LogP contribution >= 0.6 is 0 Å². The normalized spacial score (nSPS) is 37.8. The molecule has 1 unspecified atom stereocenters. The van der Waals surface area contributed by atoms with E-state index in [0.29, 0.717) is 36.7 Å². The third kappa shape index (κ3) is 3.98. The van der Waals surface area contributed by atoms with Crippen LogP contribution in [0.15, 0.2) is 12.1 Å². The van der Waals surface area contributed by atoms with Gasteiger partial charge in [-0.25, -0.2) is 4.39 Å². The Kier molecular flexibility index (Phi) is 5.47. The molecule has 5 heteroatoms. The van der Waals surface area contributed by atoms with Crippen molar-refractivity contribution in [2.24, 2.45) is 35.0 Å². The lowest BCUT2D eigenvalue weighted by molar-refractivity contribution is -0.148. The van der Waals surface area contributed by atoms with Crippen molar-refractivity contribution >= 4 is 5.97 Å². The monoisotopic (exact) mass is 456 g/mol. The quantitative estimate of drug-likeness (QED) is 0.518. The van der Waals surface area contributed by atoms with Gasteiger partial charge in [-0.15, -0.1) is 0 Å². The highest BCUT2D eigenvalue weighted by Gasteiger charge is 2.51. The molecule has 4 bridgehead atoms. The number of carbonyl (C=O) groups excluding carboxylic acids is 1. The lowest BCUT2D eigenvalue weighted by atomic mass is 9.50. The predicted octanol–water partition coefficient (Wildman–Crippen LogP) is 5.92. The van der Waals surface area contributed by atoms with E-state index in [1.807, 2.05) is 6.07 Å². The summed E-state index contributed by atoms with van der Waals surface area (Å²) in [5, 5.41) is 11.1.